The van der Waals surface area contributed by atoms with Crippen LogP contribution in [0.1, 0.15) is 18.4 Å². The molecule has 7 nitrogen and oxygen atoms in total. The van der Waals surface area contributed by atoms with Crippen LogP contribution in [0, 0.1) is 12.8 Å². The minimum absolute atomic E-state index is 0.246. The van der Waals surface area contributed by atoms with Crippen molar-refractivity contribution in [3.63, 3.8) is 0 Å². The minimum Gasteiger partial charge on any atom is -0.396 e. The number of rotatable bonds is 6. The van der Waals surface area contributed by atoms with Gasteiger partial charge in [-0.05, 0) is 31.2 Å². The highest BCUT2D eigenvalue weighted by Gasteiger charge is 2.20. The normalized spacial score (nSPS) is 18.2. The number of nitrogens with one attached hydrogen (secondary N) is 1. The van der Waals surface area contributed by atoms with Crippen LogP contribution in [-0.4, -0.2) is 51.1 Å². The number of anilines is 2. The van der Waals surface area contributed by atoms with Crippen LogP contribution in [0.15, 0.2) is 24.8 Å². The van der Waals surface area contributed by atoms with Gasteiger partial charge in [-0.1, -0.05) is 0 Å². The van der Waals surface area contributed by atoms with Crippen LogP contribution in [0.4, 0.5) is 11.6 Å². The monoisotopic (exact) mass is 316 g/mol. The zero-order valence-electron chi connectivity index (χ0n) is 13.5. The number of aryl methyl sites for hydroxylation is 1. The zero-order valence-corrected chi connectivity index (χ0v) is 13.5. The molecular weight excluding hydrogens is 292 g/mol. The average Bonchev–Trinajstić information content (AvgIpc) is 3.00. The first kappa shape index (κ1) is 15.7. The standard InChI is InChI=1S/C16H24N6O/c1-13-8-20-22(9-13)6-4-17-15-7-16(19-12-18-15)21-5-2-3-14(10-21)11-23/h7-9,12,14,23H,2-6,10-11H2,1H3,(H,17,18,19). The SMILES string of the molecule is Cc1cnn(CCNc2cc(N3CCCC(CO)C3)ncn2)c1. The van der Waals surface area contributed by atoms with E-state index < -0.39 is 0 Å². The molecule has 1 atom stereocenters. The van der Waals surface area contributed by atoms with Gasteiger partial charge in [0.1, 0.15) is 18.0 Å². The van der Waals surface area contributed by atoms with Gasteiger partial charge in [-0.3, -0.25) is 4.68 Å². The van der Waals surface area contributed by atoms with E-state index in [-0.39, 0.29) is 6.61 Å². The van der Waals surface area contributed by atoms with Crippen LogP contribution in [0.5, 0.6) is 0 Å². The Bertz CT molecular complexity index is 629. The zero-order chi connectivity index (χ0) is 16.1. The second-order valence-corrected chi connectivity index (χ2v) is 6.11. The van der Waals surface area contributed by atoms with Gasteiger partial charge in [-0.25, -0.2) is 9.97 Å². The Hall–Kier alpha value is -2.15. The van der Waals surface area contributed by atoms with Crippen molar-refractivity contribution in [2.75, 3.05) is 36.5 Å². The number of hydrogen-bond donors (Lipinski definition) is 2. The van der Waals surface area contributed by atoms with Crippen LogP contribution in [0.2, 0.25) is 0 Å². The molecular formula is C16H24N6O. The summed E-state index contributed by atoms with van der Waals surface area (Å²) in [6.45, 7) is 5.68. The summed E-state index contributed by atoms with van der Waals surface area (Å²) >= 11 is 0. The van der Waals surface area contributed by atoms with Crippen LogP contribution in [0.3, 0.4) is 0 Å². The molecule has 0 aromatic carbocycles. The molecule has 1 fully saturated rings. The van der Waals surface area contributed by atoms with Crippen molar-refractivity contribution in [2.45, 2.75) is 26.3 Å². The van der Waals surface area contributed by atoms with Crippen LogP contribution >= 0.6 is 0 Å². The van der Waals surface area contributed by atoms with E-state index in [0.29, 0.717) is 5.92 Å². The van der Waals surface area contributed by atoms with E-state index >= 15 is 0 Å². The lowest BCUT2D eigenvalue weighted by molar-refractivity contribution is 0.208. The van der Waals surface area contributed by atoms with Gasteiger partial charge in [0, 0.05) is 38.5 Å². The van der Waals surface area contributed by atoms with Crippen molar-refractivity contribution in [2.24, 2.45) is 5.92 Å². The number of aliphatic hydroxyl groups excluding tert-OH is 1. The largest absolute Gasteiger partial charge is 0.396 e. The Morgan fingerprint density at radius 3 is 3.09 bits per heavy atom. The maximum absolute atomic E-state index is 9.36. The van der Waals surface area contributed by atoms with E-state index in [1.165, 1.54) is 0 Å². The van der Waals surface area contributed by atoms with E-state index in [1.54, 1.807) is 6.33 Å². The first-order chi connectivity index (χ1) is 11.2. The van der Waals surface area contributed by atoms with Gasteiger partial charge in [0.15, 0.2) is 0 Å². The molecule has 2 N–H and O–H groups in total. The summed E-state index contributed by atoms with van der Waals surface area (Å²) in [5.74, 6) is 2.10. The maximum atomic E-state index is 9.36. The number of aliphatic hydroxyl groups is 1. The van der Waals surface area contributed by atoms with Gasteiger partial charge in [0.2, 0.25) is 0 Å². The summed E-state index contributed by atoms with van der Waals surface area (Å²) in [5.41, 5.74) is 1.16. The van der Waals surface area contributed by atoms with Gasteiger partial charge in [-0.15, -0.1) is 0 Å². The van der Waals surface area contributed by atoms with Gasteiger partial charge < -0.3 is 15.3 Å². The lowest BCUT2D eigenvalue weighted by atomic mass is 9.99. The maximum Gasteiger partial charge on any atom is 0.134 e. The molecule has 0 bridgehead atoms. The summed E-state index contributed by atoms with van der Waals surface area (Å²) in [6.07, 6.45) is 7.66. The van der Waals surface area contributed by atoms with Crippen molar-refractivity contribution in [3.05, 3.63) is 30.4 Å². The van der Waals surface area contributed by atoms with E-state index in [4.69, 9.17) is 0 Å². The number of hydrogen-bond acceptors (Lipinski definition) is 6. The molecule has 0 amide bonds. The van der Waals surface area contributed by atoms with E-state index in [9.17, 15) is 5.11 Å². The minimum atomic E-state index is 0.246. The molecule has 1 unspecified atom stereocenters. The van der Waals surface area contributed by atoms with Crippen molar-refractivity contribution in [1.82, 2.24) is 19.7 Å². The second kappa shape index (κ2) is 7.41. The average molecular weight is 316 g/mol. The molecule has 124 valence electrons. The Kier molecular flexibility index (Phi) is 5.07. The summed E-state index contributed by atoms with van der Waals surface area (Å²) in [4.78, 5) is 10.9. The third kappa shape index (κ3) is 4.19. The van der Waals surface area contributed by atoms with Crippen LogP contribution < -0.4 is 10.2 Å². The van der Waals surface area contributed by atoms with E-state index in [1.807, 2.05) is 30.1 Å². The quantitative estimate of drug-likeness (QED) is 0.836. The molecule has 1 aliphatic heterocycles. The third-order valence-corrected chi connectivity index (χ3v) is 4.16. The molecule has 2 aromatic heterocycles. The van der Waals surface area contributed by atoms with Crippen molar-refractivity contribution in [3.8, 4) is 0 Å². The van der Waals surface area contributed by atoms with Crippen LogP contribution in [0.25, 0.3) is 0 Å². The fraction of sp³-hybridized carbons (Fsp3) is 0.562. The molecule has 0 aliphatic carbocycles. The first-order valence-electron chi connectivity index (χ1n) is 8.15. The Balaban J connectivity index is 1.56. The van der Waals surface area contributed by atoms with E-state index in [2.05, 4.69) is 25.3 Å². The van der Waals surface area contributed by atoms with Crippen molar-refractivity contribution in [1.29, 1.82) is 0 Å². The molecule has 2 aromatic rings. The number of nitrogens with zero attached hydrogens (tertiary/aromatic N) is 5. The molecule has 1 aliphatic rings. The molecule has 1 saturated heterocycles. The van der Waals surface area contributed by atoms with Gasteiger partial charge in [0.25, 0.3) is 0 Å². The second-order valence-electron chi connectivity index (χ2n) is 6.11. The van der Waals surface area contributed by atoms with Gasteiger partial charge in [-0.2, -0.15) is 5.10 Å². The molecule has 7 heteroatoms. The number of piperidine rings is 1. The Labute approximate surface area is 136 Å². The molecule has 23 heavy (non-hydrogen) atoms. The summed E-state index contributed by atoms with van der Waals surface area (Å²) < 4.78 is 1.92. The fourth-order valence-corrected chi connectivity index (χ4v) is 2.93. The lowest BCUT2D eigenvalue weighted by Crippen LogP contribution is -2.37. The van der Waals surface area contributed by atoms with Crippen molar-refractivity contribution >= 4 is 11.6 Å². The lowest BCUT2D eigenvalue weighted by Gasteiger charge is -2.32. The highest BCUT2D eigenvalue weighted by molar-refractivity contribution is 5.48. The highest BCUT2D eigenvalue weighted by Crippen LogP contribution is 2.22. The molecule has 0 spiro atoms. The number of aromatic nitrogens is 4. The van der Waals surface area contributed by atoms with E-state index in [0.717, 1.165) is 56.2 Å². The predicted octanol–water partition coefficient (Wildman–Crippen LogP) is 1.30. The smallest absolute Gasteiger partial charge is 0.134 e. The fourth-order valence-electron chi connectivity index (χ4n) is 2.93. The molecule has 3 rings (SSSR count). The summed E-state index contributed by atoms with van der Waals surface area (Å²) in [6, 6.07) is 1.98. The Morgan fingerprint density at radius 1 is 1.39 bits per heavy atom. The van der Waals surface area contributed by atoms with Gasteiger partial charge >= 0.3 is 0 Å². The van der Waals surface area contributed by atoms with Gasteiger partial charge in [0.05, 0.1) is 12.7 Å². The summed E-state index contributed by atoms with van der Waals surface area (Å²) in [5, 5.41) is 16.9. The molecule has 0 radical (unpaired) electrons. The third-order valence-electron chi connectivity index (χ3n) is 4.16. The first-order valence-corrected chi connectivity index (χ1v) is 8.15. The predicted molar refractivity (Wildman–Crippen MR) is 89.5 cm³/mol. The highest BCUT2D eigenvalue weighted by atomic mass is 16.3. The Morgan fingerprint density at radius 2 is 2.30 bits per heavy atom. The molecule has 3 heterocycles. The van der Waals surface area contributed by atoms with Crippen LogP contribution in [-0.2, 0) is 6.54 Å². The van der Waals surface area contributed by atoms with Crippen molar-refractivity contribution < 1.29 is 5.11 Å². The summed E-state index contributed by atoms with van der Waals surface area (Å²) in [7, 11) is 0. The topological polar surface area (TPSA) is 79.1 Å². The molecule has 0 saturated carbocycles.